The van der Waals surface area contributed by atoms with Crippen LogP contribution in [-0.4, -0.2) is 41.2 Å². The van der Waals surface area contributed by atoms with E-state index in [-0.39, 0.29) is 17.4 Å². The number of benzene rings is 2. The predicted molar refractivity (Wildman–Crippen MR) is 142 cm³/mol. The molecular weight excluding hydrogens is 474 g/mol. The molecule has 10 heteroatoms. The number of anilines is 1. The number of fused-ring (bicyclic) bond motifs is 1. The third-order valence-corrected chi connectivity index (χ3v) is 6.82. The van der Waals surface area contributed by atoms with Gasteiger partial charge in [0.2, 0.25) is 5.95 Å². The van der Waals surface area contributed by atoms with Crippen LogP contribution in [0.1, 0.15) is 34.1 Å². The average molecular weight is 500 g/mol. The van der Waals surface area contributed by atoms with E-state index >= 15 is 0 Å². The number of rotatable bonds is 6. The van der Waals surface area contributed by atoms with E-state index in [1.54, 1.807) is 28.6 Å². The number of thioether (sulfide) groups is 1. The molecule has 0 spiro atoms. The Hall–Kier alpha value is -4.18. The molecule has 0 bridgehead atoms. The molecule has 3 aromatic heterocycles. The van der Waals surface area contributed by atoms with Crippen LogP contribution in [0, 0.1) is 20.8 Å². The van der Waals surface area contributed by atoms with E-state index in [2.05, 4.69) is 25.5 Å². The lowest BCUT2D eigenvalue weighted by Crippen LogP contribution is -2.19. The van der Waals surface area contributed by atoms with E-state index in [0.717, 1.165) is 27.5 Å². The van der Waals surface area contributed by atoms with Gasteiger partial charge in [0.15, 0.2) is 5.65 Å². The van der Waals surface area contributed by atoms with Crippen LogP contribution in [0.3, 0.4) is 0 Å². The SMILES string of the molecule is CCSc1ccccc1C(=O)Nc1cc(C)nn1-c1nc2c(cnn2-c2ccc(C)c(C)c2)c(=O)[nH]1. The molecule has 182 valence electrons. The lowest BCUT2D eigenvalue weighted by Gasteiger charge is -2.11. The highest BCUT2D eigenvalue weighted by atomic mass is 32.2. The number of aryl methyl sites for hydroxylation is 3. The number of carbonyl (C=O) groups excluding carboxylic acids is 1. The minimum atomic E-state index is -0.347. The van der Waals surface area contributed by atoms with E-state index in [0.29, 0.717) is 28.1 Å². The van der Waals surface area contributed by atoms with Gasteiger partial charge in [0.05, 0.1) is 23.1 Å². The van der Waals surface area contributed by atoms with Gasteiger partial charge in [-0.05, 0) is 61.9 Å². The van der Waals surface area contributed by atoms with Crippen molar-refractivity contribution in [1.82, 2.24) is 29.5 Å². The van der Waals surface area contributed by atoms with Crippen molar-refractivity contribution in [2.45, 2.75) is 32.6 Å². The number of aromatic nitrogens is 6. The Kier molecular flexibility index (Phi) is 6.19. The first-order chi connectivity index (χ1) is 17.4. The molecule has 9 nitrogen and oxygen atoms in total. The Labute approximate surface area is 211 Å². The maximum atomic E-state index is 13.2. The molecule has 0 fully saturated rings. The molecule has 3 heterocycles. The van der Waals surface area contributed by atoms with Crippen molar-refractivity contribution in [3.63, 3.8) is 0 Å². The smallest absolute Gasteiger partial charge is 0.263 e. The molecule has 0 aliphatic rings. The summed E-state index contributed by atoms with van der Waals surface area (Å²) in [5, 5.41) is 12.2. The quantitative estimate of drug-likeness (QED) is 0.331. The van der Waals surface area contributed by atoms with Crippen molar-refractivity contribution < 1.29 is 4.79 Å². The van der Waals surface area contributed by atoms with E-state index in [4.69, 9.17) is 0 Å². The number of carbonyl (C=O) groups is 1. The Morgan fingerprint density at radius 1 is 1.06 bits per heavy atom. The van der Waals surface area contributed by atoms with Gasteiger partial charge in [-0.2, -0.15) is 19.9 Å². The molecule has 0 aliphatic heterocycles. The Morgan fingerprint density at radius 2 is 1.86 bits per heavy atom. The van der Waals surface area contributed by atoms with Crippen molar-refractivity contribution in [3.8, 4) is 11.6 Å². The van der Waals surface area contributed by atoms with Crippen LogP contribution in [0.2, 0.25) is 0 Å². The van der Waals surface area contributed by atoms with Gasteiger partial charge in [0, 0.05) is 11.0 Å². The molecule has 0 unspecified atom stereocenters. The Balaban J connectivity index is 1.57. The lowest BCUT2D eigenvalue weighted by molar-refractivity contribution is 0.102. The number of nitrogens with one attached hydrogen (secondary N) is 2. The second kappa shape index (κ2) is 9.46. The highest BCUT2D eigenvalue weighted by molar-refractivity contribution is 7.99. The summed E-state index contributed by atoms with van der Waals surface area (Å²) in [7, 11) is 0. The van der Waals surface area contributed by atoms with Crippen LogP contribution < -0.4 is 10.9 Å². The summed E-state index contributed by atoms with van der Waals surface area (Å²) in [5.74, 6) is 1.16. The number of hydrogen-bond acceptors (Lipinski definition) is 6. The second-order valence-corrected chi connectivity index (χ2v) is 9.72. The average Bonchev–Trinajstić information content (AvgIpc) is 3.45. The van der Waals surface area contributed by atoms with E-state index in [1.165, 1.54) is 10.9 Å². The number of aromatic amines is 1. The number of H-pyrrole nitrogens is 1. The first-order valence-corrected chi connectivity index (χ1v) is 12.5. The molecule has 2 aromatic carbocycles. The topological polar surface area (TPSA) is 110 Å². The molecular formula is C26H25N7O2S. The summed E-state index contributed by atoms with van der Waals surface area (Å²) in [6, 6.07) is 15.1. The zero-order valence-electron chi connectivity index (χ0n) is 20.4. The van der Waals surface area contributed by atoms with Gasteiger partial charge in [-0.25, -0.2) is 4.68 Å². The fourth-order valence-electron chi connectivity index (χ4n) is 3.92. The third-order valence-electron chi connectivity index (χ3n) is 5.87. The maximum absolute atomic E-state index is 13.2. The largest absolute Gasteiger partial charge is 0.306 e. The van der Waals surface area contributed by atoms with E-state index in [1.807, 2.05) is 64.1 Å². The fourth-order valence-corrected chi connectivity index (χ4v) is 4.72. The van der Waals surface area contributed by atoms with Crippen LogP contribution in [0.5, 0.6) is 0 Å². The van der Waals surface area contributed by atoms with Gasteiger partial charge >= 0.3 is 0 Å². The summed E-state index contributed by atoms with van der Waals surface area (Å²) >= 11 is 1.60. The van der Waals surface area contributed by atoms with Gasteiger partial charge in [-0.15, -0.1) is 11.8 Å². The zero-order valence-corrected chi connectivity index (χ0v) is 21.2. The monoisotopic (exact) mass is 499 g/mol. The first kappa shape index (κ1) is 23.6. The normalized spacial score (nSPS) is 11.2. The van der Waals surface area contributed by atoms with Crippen molar-refractivity contribution in [2.24, 2.45) is 0 Å². The van der Waals surface area contributed by atoms with Crippen molar-refractivity contribution >= 4 is 34.5 Å². The molecule has 36 heavy (non-hydrogen) atoms. The molecule has 0 aliphatic carbocycles. The highest BCUT2D eigenvalue weighted by Crippen LogP contribution is 2.24. The zero-order chi connectivity index (χ0) is 25.4. The molecule has 2 N–H and O–H groups in total. The summed E-state index contributed by atoms with van der Waals surface area (Å²) in [6.07, 6.45) is 1.50. The van der Waals surface area contributed by atoms with Gasteiger partial charge in [0.25, 0.3) is 11.5 Å². The highest BCUT2D eigenvalue weighted by Gasteiger charge is 2.19. The van der Waals surface area contributed by atoms with E-state index in [9.17, 15) is 9.59 Å². The molecule has 0 atom stereocenters. The van der Waals surface area contributed by atoms with Crippen molar-refractivity contribution in [1.29, 1.82) is 0 Å². The second-order valence-electron chi connectivity index (χ2n) is 8.42. The van der Waals surface area contributed by atoms with Gasteiger partial charge in [-0.3, -0.25) is 14.6 Å². The molecule has 5 rings (SSSR count). The van der Waals surface area contributed by atoms with Crippen LogP contribution in [0.4, 0.5) is 5.82 Å². The molecule has 0 radical (unpaired) electrons. The van der Waals surface area contributed by atoms with Gasteiger partial charge in [0.1, 0.15) is 11.2 Å². The first-order valence-electron chi connectivity index (χ1n) is 11.5. The maximum Gasteiger partial charge on any atom is 0.263 e. The third kappa shape index (κ3) is 4.31. The van der Waals surface area contributed by atoms with Crippen LogP contribution in [0.25, 0.3) is 22.7 Å². The predicted octanol–water partition coefficient (Wildman–Crippen LogP) is 4.58. The number of hydrogen-bond donors (Lipinski definition) is 2. The minimum absolute atomic E-state index is 0.178. The van der Waals surface area contributed by atoms with Crippen LogP contribution >= 0.6 is 11.8 Å². The van der Waals surface area contributed by atoms with Gasteiger partial charge in [-0.1, -0.05) is 25.1 Å². The summed E-state index contributed by atoms with van der Waals surface area (Å²) in [5.41, 5.74) is 4.34. The summed E-state index contributed by atoms with van der Waals surface area (Å²) < 4.78 is 3.06. The Bertz CT molecular complexity index is 1660. The molecule has 0 saturated carbocycles. The number of amides is 1. The number of nitrogens with zero attached hydrogens (tertiary/aromatic N) is 5. The molecule has 1 amide bonds. The van der Waals surface area contributed by atoms with Crippen LogP contribution in [-0.2, 0) is 0 Å². The standard InChI is InChI=1S/C26H25N7O2S/c1-5-36-21-9-7-6-8-19(21)24(34)28-22-13-17(4)31-33(22)26-29-23-20(25(35)30-26)14-27-32(23)18-11-10-15(2)16(3)12-18/h6-14H,5H2,1-4H3,(H,28,34)(H,29,30,35). The van der Waals surface area contributed by atoms with Gasteiger partial charge < -0.3 is 5.32 Å². The molecule has 0 saturated heterocycles. The summed E-state index contributed by atoms with van der Waals surface area (Å²) in [6.45, 7) is 7.91. The lowest BCUT2D eigenvalue weighted by atomic mass is 10.1. The minimum Gasteiger partial charge on any atom is -0.306 e. The Morgan fingerprint density at radius 3 is 2.64 bits per heavy atom. The van der Waals surface area contributed by atoms with E-state index < -0.39 is 0 Å². The fraction of sp³-hybridized carbons (Fsp3) is 0.192. The molecule has 5 aromatic rings. The van der Waals surface area contributed by atoms with Crippen molar-refractivity contribution in [2.75, 3.05) is 11.1 Å². The van der Waals surface area contributed by atoms with Crippen molar-refractivity contribution in [3.05, 3.63) is 87.5 Å². The summed E-state index contributed by atoms with van der Waals surface area (Å²) in [4.78, 5) is 34.5. The van der Waals surface area contributed by atoms with Crippen LogP contribution in [0.15, 0.2) is 64.4 Å².